The van der Waals surface area contributed by atoms with Crippen molar-refractivity contribution in [2.45, 2.75) is 18.9 Å². The van der Waals surface area contributed by atoms with Crippen molar-refractivity contribution in [1.82, 2.24) is 9.55 Å². The van der Waals surface area contributed by atoms with Crippen molar-refractivity contribution in [2.75, 3.05) is 5.73 Å². The zero-order chi connectivity index (χ0) is 12.0. The quantitative estimate of drug-likeness (QED) is 0.914. The van der Waals surface area contributed by atoms with Crippen LogP contribution in [0.25, 0.3) is 11.3 Å². The number of nitrogen functional groups attached to an aromatic ring is 1. The van der Waals surface area contributed by atoms with Gasteiger partial charge in [0, 0.05) is 16.1 Å². The lowest BCUT2D eigenvalue weighted by molar-refractivity contribution is 0.751. The summed E-state index contributed by atoms with van der Waals surface area (Å²) in [6.45, 7) is 0. The first kappa shape index (κ1) is 11.1. The number of anilines is 1. The Bertz CT molecular complexity index is 575. The standard InChI is InChI=1S/C12H11BrClN3/c13-9-4-1-7(5-10(9)14)11-12(15)17(6-16-11)8-2-3-8/h1,4-6,8H,2-3,15H2. The molecular formula is C12H11BrClN3. The molecule has 0 spiro atoms. The van der Waals surface area contributed by atoms with Crippen molar-refractivity contribution >= 4 is 33.3 Å². The third kappa shape index (κ3) is 1.96. The highest BCUT2D eigenvalue weighted by atomic mass is 79.9. The summed E-state index contributed by atoms with van der Waals surface area (Å²) in [6, 6.07) is 6.29. The van der Waals surface area contributed by atoms with Crippen molar-refractivity contribution in [3.8, 4) is 11.3 Å². The normalized spacial score (nSPS) is 15.2. The van der Waals surface area contributed by atoms with Crippen LogP contribution in [0.4, 0.5) is 5.82 Å². The molecule has 3 nitrogen and oxygen atoms in total. The zero-order valence-electron chi connectivity index (χ0n) is 9.03. The molecule has 0 saturated heterocycles. The van der Waals surface area contributed by atoms with E-state index < -0.39 is 0 Å². The van der Waals surface area contributed by atoms with Crippen LogP contribution in [-0.4, -0.2) is 9.55 Å². The molecule has 0 bridgehead atoms. The molecule has 0 amide bonds. The van der Waals surface area contributed by atoms with Gasteiger partial charge < -0.3 is 10.3 Å². The SMILES string of the molecule is Nc1c(-c2ccc(Br)c(Cl)c2)ncn1C1CC1. The van der Waals surface area contributed by atoms with E-state index in [1.54, 1.807) is 0 Å². The van der Waals surface area contributed by atoms with Gasteiger partial charge in [0.05, 0.1) is 11.3 Å². The Morgan fingerprint density at radius 2 is 2.18 bits per heavy atom. The fourth-order valence-electron chi connectivity index (χ4n) is 1.88. The molecule has 88 valence electrons. The molecule has 0 unspecified atom stereocenters. The minimum absolute atomic E-state index is 0.544. The van der Waals surface area contributed by atoms with Crippen molar-refractivity contribution in [2.24, 2.45) is 0 Å². The Labute approximate surface area is 113 Å². The van der Waals surface area contributed by atoms with Crippen LogP contribution in [-0.2, 0) is 0 Å². The third-order valence-electron chi connectivity index (χ3n) is 2.97. The number of hydrogen-bond donors (Lipinski definition) is 1. The van der Waals surface area contributed by atoms with Gasteiger partial charge in [-0.2, -0.15) is 0 Å². The molecule has 0 aliphatic heterocycles. The minimum atomic E-state index is 0.544. The van der Waals surface area contributed by atoms with E-state index in [0.717, 1.165) is 21.5 Å². The van der Waals surface area contributed by atoms with Crippen LogP contribution in [0.3, 0.4) is 0 Å². The summed E-state index contributed by atoms with van der Waals surface area (Å²) in [5.41, 5.74) is 7.88. The average Bonchev–Trinajstić information content (AvgIpc) is 3.07. The van der Waals surface area contributed by atoms with E-state index in [4.69, 9.17) is 17.3 Å². The summed E-state index contributed by atoms with van der Waals surface area (Å²) < 4.78 is 2.92. The van der Waals surface area contributed by atoms with Crippen LogP contribution in [0.1, 0.15) is 18.9 Å². The van der Waals surface area contributed by atoms with Crippen molar-refractivity contribution in [3.05, 3.63) is 34.0 Å². The molecule has 1 heterocycles. The summed E-state index contributed by atoms with van der Waals surface area (Å²) in [6.07, 6.45) is 4.21. The molecule has 1 saturated carbocycles. The fourth-order valence-corrected chi connectivity index (χ4v) is 2.31. The lowest BCUT2D eigenvalue weighted by Gasteiger charge is -2.04. The van der Waals surface area contributed by atoms with Crippen LogP contribution in [0, 0.1) is 0 Å². The largest absolute Gasteiger partial charge is 0.383 e. The number of nitrogens with zero attached hydrogens (tertiary/aromatic N) is 2. The van der Waals surface area contributed by atoms with E-state index in [-0.39, 0.29) is 0 Å². The number of benzene rings is 1. The molecule has 1 fully saturated rings. The summed E-state index contributed by atoms with van der Waals surface area (Å²) in [5, 5.41) is 0.669. The first-order chi connectivity index (χ1) is 8.16. The van der Waals surface area contributed by atoms with Crippen LogP contribution in [0.5, 0.6) is 0 Å². The minimum Gasteiger partial charge on any atom is -0.383 e. The summed E-state index contributed by atoms with van der Waals surface area (Å²) in [4.78, 5) is 4.38. The van der Waals surface area contributed by atoms with Gasteiger partial charge in [-0.3, -0.25) is 0 Å². The third-order valence-corrected chi connectivity index (χ3v) is 4.20. The van der Waals surface area contributed by atoms with E-state index in [2.05, 4.69) is 20.9 Å². The van der Waals surface area contributed by atoms with Gasteiger partial charge in [-0.05, 0) is 40.9 Å². The van der Waals surface area contributed by atoms with Crippen LogP contribution in [0.2, 0.25) is 5.02 Å². The molecule has 1 aromatic heterocycles. The highest BCUT2D eigenvalue weighted by molar-refractivity contribution is 9.10. The molecule has 3 rings (SSSR count). The van der Waals surface area contributed by atoms with Gasteiger partial charge in [0.25, 0.3) is 0 Å². The Morgan fingerprint density at radius 3 is 2.82 bits per heavy atom. The van der Waals surface area contributed by atoms with Gasteiger partial charge in [0.1, 0.15) is 11.5 Å². The van der Waals surface area contributed by atoms with Gasteiger partial charge in [0.2, 0.25) is 0 Å². The average molecular weight is 313 g/mol. The molecule has 1 aliphatic carbocycles. The van der Waals surface area contributed by atoms with E-state index in [0.29, 0.717) is 11.1 Å². The maximum absolute atomic E-state index is 6.11. The van der Waals surface area contributed by atoms with Crippen molar-refractivity contribution < 1.29 is 0 Å². The molecule has 0 radical (unpaired) electrons. The Kier molecular flexibility index (Phi) is 2.64. The van der Waals surface area contributed by atoms with E-state index >= 15 is 0 Å². The molecule has 0 atom stereocenters. The second-order valence-corrected chi connectivity index (χ2v) is 5.51. The van der Waals surface area contributed by atoms with Crippen LogP contribution in [0.15, 0.2) is 29.0 Å². The summed E-state index contributed by atoms with van der Waals surface area (Å²) in [7, 11) is 0. The maximum atomic E-state index is 6.11. The molecule has 2 aromatic rings. The predicted octanol–water partition coefficient (Wildman–Crippen LogP) is 3.88. The first-order valence-electron chi connectivity index (χ1n) is 5.44. The molecule has 1 aromatic carbocycles. The van der Waals surface area contributed by atoms with Gasteiger partial charge in [-0.1, -0.05) is 17.7 Å². The van der Waals surface area contributed by atoms with Crippen LogP contribution >= 0.6 is 27.5 Å². The Balaban J connectivity index is 2.05. The van der Waals surface area contributed by atoms with E-state index in [1.165, 1.54) is 12.8 Å². The number of imidazole rings is 1. The van der Waals surface area contributed by atoms with E-state index in [1.807, 2.05) is 29.1 Å². The topological polar surface area (TPSA) is 43.8 Å². The summed E-state index contributed by atoms with van der Waals surface area (Å²) >= 11 is 9.45. The number of rotatable bonds is 2. The molecule has 2 N–H and O–H groups in total. The first-order valence-corrected chi connectivity index (χ1v) is 6.61. The Hall–Kier alpha value is -1.00. The van der Waals surface area contributed by atoms with Gasteiger partial charge >= 0.3 is 0 Å². The van der Waals surface area contributed by atoms with Crippen LogP contribution < -0.4 is 5.73 Å². The molecule has 17 heavy (non-hydrogen) atoms. The predicted molar refractivity (Wildman–Crippen MR) is 73.1 cm³/mol. The number of halogens is 2. The lowest BCUT2D eigenvalue weighted by Crippen LogP contribution is -1.99. The second-order valence-electron chi connectivity index (χ2n) is 4.25. The van der Waals surface area contributed by atoms with Crippen molar-refractivity contribution in [1.29, 1.82) is 0 Å². The summed E-state index contributed by atoms with van der Waals surface area (Å²) in [5.74, 6) is 0.728. The van der Waals surface area contributed by atoms with Gasteiger partial charge in [0.15, 0.2) is 0 Å². The Morgan fingerprint density at radius 1 is 1.41 bits per heavy atom. The smallest absolute Gasteiger partial charge is 0.131 e. The van der Waals surface area contributed by atoms with Crippen molar-refractivity contribution in [3.63, 3.8) is 0 Å². The molecule has 1 aliphatic rings. The van der Waals surface area contributed by atoms with Gasteiger partial charge in [-0.15, -0.1) is 0 Å². The number of aromatic nitrogens is 2. The fraction of sp³-hybridized carbons (Fsp3) is 0.250. The zero-order valence-corrected chi connectivity index (χ0v) is 11.4. The number of nitrogens with two attached hydrogens (primary N) is 1. The highest BCUT2D eigenvalue weighted by Crippen LogP contribution is 2.39. The molecule has 5 heteroatoms. The van der Waals surface area contributed by atoms with Gasteiger partial charge in [-0.25, -0.2) is 4.98 Å². The van der Waals surface area contributed by atoms with E-state index in [9.17, 15) is 0 Å². The maximum Gasteiger partial charge on any atom is 0.131 e. The second kappa shape index (κ2) is 4.03. The number of hydrogen-bond acceptors (Lipinski definition) is 2. The monoisotopic (exact) mass is 311 g/mol. The highest BCUT2D eigenvalue weighted by Gasteiger charge is 2.26. The molecular weight excluding hydrogens is 302 g/mol. The lowest BCUT2D eigenvalue weighted by atomic mass is 10.1.